The molecular formula is C20H18BrClN2O6. The minimum Gasteiger partial charge on any atom is -0.489 e. The van der Waals surface area contributed by atoms with Gasteiger partial charge in [0.05, 0.1) is 24.2 Å². The summed E-state index contributed by atoms with van der Waals surface area (Å²) in [4.78, 5) is 37.6. The number of hydrogen-bond acceptors (Lipinski definition) is 6. The maximum atomic E-state index is 12.8. The van der Waals surface area contributed by atoms with Crippen LogP contribution in [-0.2, 0) is 16.1 Å². The number of carbonyl (C=O) groups is 3. The van der Waals surface area contributed by atoms with E-state index in [1.165, 1.54) is 25.3 Å². The van der Waals surface area contributed by atoms with Gasteiger partial charge in [0, 0.05) is 10.6 Å². The number of urea groups is 1. The van der Waals surface area contributed by atoms with E-state index in [9.17, 15) is 14.4 Å². The maximum absolute atomic E-state index is 12.8. The SMILES string of the molecule is COC(=O)c1ccc(CN2C(=O)NC(=Cc3cc(Cl)cc(Br)c3OC(C)C)C2=O)o1. The zero-order valence-corrected chi connectivity index (χ0v) is 18.7. The van der Waals surface area contributed by atoms with Gasteiger partial charge < -0.3 is 19.2 Å². The Morgan fingerprint density at radius 3 is 2.73 bits per heavy atom. The van der Waals surface area contributed by atoms with Crippen molar-refractivity contribution in [3.05, 3.63) is 56.5 Å². The number of imide groups is 1. The van der Waals surface area contributed by atoms with Crippen LogP contribution in [0.2, 0.25) is 5.02 Å². The monoisotopic (exact) mass is 496 g/mol. The fraction of sp³-hybridized carbons (Fsp3) is 0.250. The standard InChI is InChI=1S/C20H18BrClN2O6/c1-10(2)29-17-11(6-12(22)8-14(17)21)7-15-18(25)24(20(27)23-15)9-13-4-5-16(30-13)19(26)28-3/h4-8,10H,9H2,1-3H3,(H,23,27). The van der Waals surface area contributed by atoms with Gasteiger partial charge in [0.2, 0.25) is 5.76 Å². The molecule has 0 bridgehead atoms. The lowest BCUT2D eigenvalue weighted by Gasteiger charge is -2.15. The van der Waals surface area contributed by atoms with Gasteiger partial charge in [-0.05, 0) is 60.1 Å². The molecule has 10 heteroatoms. The predicted octanol–water partition coefficient (Wildman–Crippen LogP) is 4.36. The fourth-order valence-corrected chi connectivity index (χ4v) is 3.67. The lowest BCUT2D eigenvalue weighted by atomic mass is 10.1. The van der Waals surface area contributed by atoms with Gasteiger partial charge in [-0.25, -0.2) is 9.59 Å². The number of halogens is 2. The summed E-state index contributed by atoms with van der Waals surface area (Å²) in [7, 11) is 1.23. The third-order valence-corrected chi connectivity index (χ3v) is 4.82. The number of hydrogen-bond donors (Lipinski definition) is 1. The maximum Gasteiger partial charge on any atom is 0.373 e. The molecule has 158 valence electrons. The quantitative estimate of drug-likeness (QED) is 0.362. The molecule has 0 saturated carbocycles. The normalized spacial score (nSPS) is 15.1. The number of furan rings is 1. The molecule has 3 amide bonds. The van der Waals surface area contributed by atoms with Crippen molar-refractivity contribution in [1.29, 1.82) is 0 Å². The van der Waals surface area contributed by atoms with E-state index in [1.807, 2.05) is 13.8 Å². The summed E-state index contributed by atoms with van der Waals surface area (Å²) in [5, 5.41) is 2.97. The molecule has 1 saturated heterocycles. The van der Waals surface area contributed by atoms with Crippen molar-refractivity contribution in [2.24, 2.45) is 0 Å². The van der Waals surface area contributed by atoms with Crippen LogP contribution in [0.25, 0.3) is 6.08 Å². The summed E-state index contributed by atoms with van der Waals surface area (Å²) < 4.78 is 16.3. The first-order valence-corrected chi connectivity index (χ1v) is 10.0. The number of amides is 3. The van der Waals surface area contributed by atoms with Crippen molar-refractivity contribution in [2.75, 3.05) is 7.11 Å². The number of carbonyl (C=O) groups excluding carboxylic acids is 3. The molecule has 1 aliphatic heterocycles. The van der Waals surface area contributed by atoms with E-state index in [-0.39, 0.29) is 29.9 Å². The van der Waals surface area contributed by atoms with Crippen LogP contribution in [0.3, 0.4) is 0 Å². The first-order chi connectivity index (χ1) is 14.2. The number of rotatable bonds is 6. The first-order valence-electron chi connectivity index (χ1n) is 8.87. The number of esters is 1. The Morgan fingerprint density at radius 2 is 2.07 bits per heavy atom. The molecule has 0 aliphatic carbocycles. The molecular weight excluding hydrogens is 480 g/mol. The van der Waals surface area contributed by atoms with Crippen LogP contribution in [0.4, 0.5) is 4.79 Å². The van der Waals surface area contributed by atoms with Crippen LogP contribution in [0.1, 0.15) is 35.7 Å². The summed E-state index contributed by atoms with van der Waals surface area (Å²) in [5.41, 5.74) is 0.585. The highest BCUT2D eigenvalue weighted by Crippen LogP contribution is 2.35. The van der Waals surface area contributed by atoms with E-state index in [0.29, 0.717) is 20.8 Å². The molecule has 0 radical (unpaired) electrons. The lowest BCUT2D eigenvalue weighted by Crippen LogP contribution is -2.30. The third kappa shape index (κ3) is 4.68. The van der Waals surface area contributed by atoms with Crippen molar-refractivity contribution in [3.63, 3.8) is 0 Å². The Morgan fingerprint density at radius 1 is 1.33 bits per heavy atom. The molecule has 30 heavy (non-hydrogen) atoms. The Balaban J connectivity index is 1.87. The average Bonchev–Trinajstić information content (AvgIpc) is 3.24. The molecule has 8 nitrogen and oxygen atoms in total. The average molecular weight is 498 g/mol. The van der Waals surface area contributed by atoms with Crippen molar-refractivity contribution in [3.8, 4) is 5.75 Å². The van der Waals surface area contributed by atoms with Gasteiger partial charge in [-0.1, -0.05) is 11.6 Å². The summed E-state index contributed by atoms with van der Waals surface area (Å²) in [6.45, 7) is 3.59. The van der Waals surface area contributed by atoms with E-state index in [0.717, 1.165) is 4.90 Å². The number of benzene rings is 1. The summed E-state index contributed by atoms with van der Waals surface area (Å²) in [6.07, 6.45) is 1.38. The van der Waals surface area contributed by atoms with Gasteiger partial charge in [0.15, 0.2) is 0 Å². The molecule has 2 heterocycles. The second kappa shape index (κ2) is 8.93. The molecule has 0 unspecified atom stereocenters. The fourth-order valence-electron chi connectivity index (χ4n) is 2.75. The topological polar surface area (TPSA) is 98.1 Å². The number of ether oxygens (including phenoxy) is 2. The Labute approximate surface area is 185 Å². The molecule has 1 aromatic heterocycles. The Hall–Kier alpha value is -2.78. The third-order valence-electron chi connectivity index (χ3n) is 4.01. The molecule has 1 N–H and O–H groups in total. The van der Waals surface area contributed by atoms with Crippen LogP contribution in [0.15, 0.2) is 38.9 Å². The largest absolute Gasteiger partial charge is 0.489 e. The van der Waals surface area contributed by atoms with Crippen LogP contribution < -0.4 is 10.1 Å². The van der Waals surface area contributed by atoms with Crippen molar-refractivity contribution in [2.45, 2.75) is 26.5 Å². The summed E-state index contributed by atoms with van der Waals surface area (Å²) in [6, 6.07) is 5.61. The Bertz CT molecular complexity index is 1050. The first kappa shape index (κ1) is 21.9. The molecule has 0 spiro atoms. The molecule has 1 fully saturated rings. The highest BCUT2D eigenvalue weighted by molar-refractivity contribution is 9.10. The smallest absolute Gasteiger partial charge is 0.373 e. The molecule has 2 aromatic rings. The van der Waals surface area contributed by atoms with Crippen LogP contribution in [0, 0.1) is 0 Å². The van der Waals surface area contributed by atoms with Gasteiger partial charge in [0.1, 0.15) is 17.2 Å². The highest BCUT2D eigenvalue weighted by Gasteiger charge is 2.34. The molecule has 0 atom stereocenters. The molecule has 1 aromatic carbocycles. The number of methoxy groups -OCH3 is 1. The summed E-state index contributed by atoms with van der Waals surface area (Å²) >= 11 is 9.54. The predicted molar refractivity (Wildman–Crippen MR) is 112 cm³/mol. The van der Waals surface area contributed by atoms with Gasteiger partial charge >= 0.3 is 12.0 Å². The lowest BCUT2D eigenvalue weighted by molar-refractivity contribution is -0.123. The van der Waals surface area contributed by atoms with Gasteiger partial charge in [-0.2, -0.15) is 0 Å². The number of nitrogens with one attached hydrogen (secondary N) is 1. The molecule has 1 aliphatic rings. The van der Waals surface area contributed by atoms with Crippen molar-refractivity contribution in [1.82, 2.24) is 10.2 Å². The minimum absolute atomic E-state index is 0.0189. The van der Waals surface area contributed by atoms with E-state index in [4.69, 9.17) is 20.8 Å². The Kier molecular flexibility index (Phi) is 6.52. The second-order valence-electron chi connectivity index (χ2n) is 6.61. The number of nitrogens with zero attached hydrogens (tertiary/aromatic N) is 1. The van der Waals surface area contributed by atoms with Crippen LogP contribution in [-0.4, -0.2) is 36.0 Å². The highest BCUT2D eigenvalue weighted by atomic mass is 79.9. The summed E-state index contributed by atoms with van der Waals surface area (Å²) in [5.74, 6) is -0.467. The minimum atomic E-state index is -0.650. The van der Waals surface area contributed by atoms with E-state index in [2.05, 4.69) is 26.0 Å². The van der Waals surface area contributed by atoms with Gasteiger partial charge in [-0.3, -0.25) is 9.69 Å². The zero-order chi connectivity index (χ0) is 22.0. The van der Waals surface area contributed by atoms with E-state index < -0.39 is 17.9 Å². The molecule has 3 rings (SSSR count). The second-order valence-corrected chi connectivity index (χ2v) is 7.90. The van der Waals surface area contributed by atoms with Crippen molar-refractivity contribution >= 4 is 51.5 Å². The van der Waals surface area contributed by atoms with Crippen LogP contribution in [0.5, 0.6) is 5.75 Å². The zero-order valence-electron chi connectivity index (χ0n) is 16.3. The van der Waals surface area contributed by atoms with Crippen molar-refractivity contribution < 1.29 is 28.3 Å². The van der Waals surface area contributed by atoms with E-state index >= 15 is 0 Å². The van der Waals surface area contributed by atoms with Gasteiger partial charge in [-0.15, -0.1) is 0 Å². The van der Waals surface area contributed by atoms with Crippen LogP contribution >= 0.6 is 27.5 Å². The van der Waals surface area contributed by atoms with Gasteiger partial charge in [0.25, 0.3) is 5.91 Å². The van der Waals surface area contributed by atoms with E-state index in [1.54, 1.807) is 12.1 Å².